The van der Waals surface area contributed by atoms with Crippen LogP contribution in [0.4, 0.5) is 0 Å². The minimum Gasteiger partial charge on any atom is -0.392 e. The summed E-state index contributed by atoms with van der Waals surface area (Å²) in [7, 11) is 1.92. The number of carbonyl (C=O) groups is 1. The Bertz CT molecular complexity index is 1660. The molecule has 11 heteroatoms. The summed E-state index contributed by atoms with van der Waals surface area (Å²) in [6.45, 7) is 0.341. The number of thioether (sulfide) groups is 1. The molecule has 0 saturated carbocycles. The highest BCUT2D eigenvalue weighted by Gasteiger charge is 2.32. The number of hydrogen-bond acceptors (Lipinski definition) is 9. The SMILES string of the molecule is Cn1cnnc1SCC1CC(c2ccc(CO)cc2)OC(c2ccc(CNC(=O)c3cnc4ccccc4n3)cc2)O1. The quantitative estimate of drug-likeness (QED) is 0.241. The van der Waals surface area contributed by atoms with E-state index < -0.39 is 6.29 Å². The lowest BCUT2D eigenvalue weighted by atomic mass is 10.0. The molecule has 1 aliphatic heterocycles. The first-order valence-corrected chi connectivity index (χ1v) is 14.6. The number of rotatable bonds is 9. The molecule has 1 aliphatic rings. The summed E-state index contributed by atoms with van der Waals surface area (Å²) in [5.74, 6) is 0.411. The van der Waals surface area contributed by atoms with Crippen molar-refractivity contribution in [3.05, 3.63) is 113 Å². The predicted molar refractivity (Wildman–Crippen MR) is 157 cm³/mol. The lowest BCUT2D eigenvalue weighted by Crippen LogP contribution is -2.31. The maximum absolute atomic E-state index is 12.7. The van der Waals surface area contributed by atoms with E-state index in [1.165, 1.54) is 6.20 Å². The van der Waals surface area contributed by atoms with Gasteiger partial charge in [-0.15, -0.1) is 10.2 Å². The van der Waals surface area contributed by atoms with Crippen molar-refractivity contribution in [2.24, 2.45) is 7.05 Å². The summed E-state index contributed by atoms with van der Waals surface area (Å²) in [5, 5.41) is 21.3. The van der Waals surface area contributed by atoms with Gasteiger partial charge in [0.15, 0.2) is 11.4 Å². The molecule has 3 unspecified atom stereocenters. The Morgan fingerprint density at radius 3 is 2.48 bits per heavy atom. The maximum atomic E-state index is 12.7. The van der Waals surface area contributed by atoms with Crippen LogP contribution in [0.5, 0.6) is 0 Å². The highest BCUT2D eigenvalue weighted by molar-refractivity contribution is 7.99. The largest absolute Gasteiger partial charge is 0.392 e. The number of aliphatic hydroxyl groups excluding tert-OH is 1. The Hall–Kier alpha value is -4.16. The summed E-state index contributed by atoms with van der Waals surface area (Å²) in [6.07, 6.45) is 3.02. The zero-order valence-electron chi connectivity index (χ0n) is 23.0. The molecule has 1 amide bonds. The van der Waals surface area contributed by atoms with E-state index in [9.17, 15) is 9.90 Å². The molecule has 0 radical (unpaired) electrons. The van der Waals surface area contributed by atoms with Crippen molar-refractivity contribution in [3.63, 3.8) is 0 Å². The number of aromatic nitrogens is 5. The highest BCUT2D eigenvalue weighted by atomic mass is 32.2. The van der Waals surface area contributed by atoms with E-state index in [-0.39, 0.29) is 30.4 Å². The van der Waals surface area contributed by atoms with Crippen LogP contribution < -0.4 is 5.32 Å². The van der Waals surface area contributed by atoms with Crippen molar-refractivity contribution in [1.29, 1.82) is 0 Å². The van der Waals surface area contributed by atoms with Crippen LogP contribution in [0.15, 0.2) is 90.5 Å². The Labute approximate surface area is 247 Å². The van der Waals surface area contributed by atoms with Gasteiger partial charge in [-0.05, 0) is 28.8 Å². The van der Waals surface area contributed by atoms with Crippen molar-refractivity contribution in [3.8, 4) is 0 Å². The summed E-state index contributed by atoms with van der Waals surface area (Å²) < 4.78 is 14.7. The second-order valence-electron chi connectivity index (χ2n) is 10.1. The van der Waals surface area contributed by atoms with Crippen LogP contribution in [0.1, 0.15) is 51.6 Å². The van der Waals surface area contributed by atoms with Gasteiger partial charge in [0, 0.05) is 31.3 Å². The van der Waals surface area contributed by atoms with Gasteiger partial charge in [0.1, 0.15) is 12.0 Å². The van der Waals surface area contributed by atoms with Gasteiger partial charge < -0.3 is 24.5 Å². The monoisotopic (exact) mass is 582 g/mol. The van der Waals surface area contributed by atoms with E-state index in [1.807, 2.05) is 84.4 Å². The summed E-state index contributed by atoms with van der Waals surface area (Å²) in [4.78, 5) is 21.5. The highest BCUT2D eigenvalue weighted by Crippen LogP contribution is 2.39. The van der Waals surface area contributed by atoms with Crippen LogP contribution in [0.25, 0.3) is 11.0 Å². The second-order valence-corrected chi connectivity index (χ2v) is 11.0. The number of carbonyl (C=O) groups excluding carboxylic acids is 1. The van der Waals surface area contributed by atoms with Crippen molar-refractivity contribution in [2.45, 2.75) is 43.2 Å². The fourth-order valence-electron chi connectivity index (χ4n) is 4.73. The Morgan fingerprint density at radius 2 is 1.74 bits per heavy atom. The molecule has 5 aromatic rings. The van der Waals surface area contributed by atoms with Crippen molar-refractivity contribution in [1.82, 2.24) is 30.0 Å². The normalized spacial score (nSPS) is 18.7. The molecule has 0 bridgehead atoms. The van der Waals surface area contributed by atoms with Crippen molar-refractivity contribution in [2.75, 3.05) is 5.75 Å². The Morgan fingerprint density at radius 1 is 1.00 bits per heavy atom. The van der Waals surface area contributed by atoms with Gasteiger partial charge in [-0.25, -0.2) is 4.98 Å². The summed E-state index contributed by atoms with van der Waals surface area (Å²) >= 11 is 1.60. The fourth-order valence-corrected chi connectivity index (χ4v) is 5.63. The van der Waals surface area contributed by atoms with Crippen LogP contribution in [-0.4, -0.2) is 47.6 Å². The van der Waals surface area contributed by atoms with Gasteiger partial charge in [-0.1, -0.05) is 72.4 Å². The first-order chi connectivity index (χ1) is 20.6. The molecular formula is C31H30N6O4S. The molecule has 0 aliphatic carbocycles. The van der Waals surface area contributed by atoms with Gasteiger partial charge in [-0.3, -0.25) is 9.78 Å². The molecule has 3 atom stereocenters. The molecule has 214 valence electrons. The molecule has 42 heavy (non-hydrogen) atoms. The summed E-state index contributed by atoms with van der Waals surface area (Å²) in [6, 6.07) is 23.1. The third-order valence-corrected chi connectivity index (χ3v) is 8.24. The fraction of sp³-hybridized carbons (Fsp3) is 0.258. The molecular weight excluding hydrogens is 552 g/mol. The zero-order valence-corrected chi connectivity index (χ0v) is 23.8. The number of fused-ring (bicyclic) bond motifs is 1. The average Bonchev–Trinajstić information content (AvgIpc) is 3.46. The number of hydrogen-bond donors (Lipinski definition) is 2. The molecule has 0 spiro atoms. The molecule has 3 heterocycles. The Kier molecular flexibility index (Phi) is 8.52. The molecule has 6 rings (SSSR count). The third-order valence-electron chi connectivity index (χ3n) is 7.07. The number of ether oxygens (including phenoxy) is 2. The van der Waals surface area contributed by atoms with Crippen LogP contribution in [-0.2, 0) is 29.7 Å². The van der Waals surface area contributed by atoms with Gasteiger partial charge in [-0.2, -0.15) is 0 Å². The molecule has 2 aromatic heterocycles. The van der Waals surface area contributed by atoms with E-state index in [1.54, 1.807) is 18.1 Å². The van der Waals surface area contributed by atoms with Crippen LogP contribution in [0.2, 0.25) is 0 Å². The van der Waals surface area contributed by atoms with E-state index in [0.29, 0.717) is 24.2 Å². The van der Waals surface area contributed by atoms with E-state index >= 15 is 0 Å². The predicted octanol–water partition coefficient (Wildman–Crippen LogP) is 4.52. The standard InChI is InChI=1S/C31H30N6O4S/c1-37-19-34-36-31(37)42-18-24-14-28(22-10-8-21(17-38)9-11-22)41-30(40-24)23-12-6-20(7-13-23)15-33-29(39)27-16-32-25-4-2-3-5-26(25)35-27/h2-13,16,19,24,28,30,38H,14-15,17-18H2,1H3,(H,33,39). The van der Waals surface area contributed by atoms with Crippen molar-refractivity contribution >= 4 is 28.7 Å². The first kappa shape index (κ1) is 28.0. The van der Waals surface area contributed by atoms with Crippen LogP contribution >= 0.6 is 11.8 Å². The molecule has 10 nitrogen and oxygen atoms in total. The minimum atomic E-state index is -0.567. The van der Waals surface area contributed by atoms with E-state index in [0.717, 1.165) is 32.9 Å². The number of para-hydroxylation sites is 2. The molecule has 3 aromatic carbocycles. The smallest absolute Gasteiger partial charge is 0.271 e. The zero-order chi connectivity index (χ0) is 28.9. The number of aliphatic hydroxyl groups is 1. The number of benzene rings is 3. The number of nitrogens with one attached hydrogen (secondary N) is 1. The topological polar surface area (TPSA) is 124 Å². The van der Waals surface area contributed by atoms with E-state index in [2.05, 4.69) is 25.5 Å². The molecule has 2 N–H and O–H groups in total. The Balaban J connectivity index is 1.13. The van der Waals surface area contributed by atoms with Gasteiger partial charge >= 0.3 is 0 Å². The summed E-state index contributed by atoms with van der Waals surface area (Å²) in [5.41, 5.74) is 5.40. The maximum Gasteiger partial charge on any atom is 0.271 e. The number of aryl methyl sites for hydroxylation is 1. The van der Waals surface area contributed by atoms with Gasteiger partial charge in [0.05, 0.1) is 36.0 Å². The molecule has 1 fully saturated rings. The van der Waals surface area contributed by atoms with Crippen LogP contribution in [0, 0.1) is 0 Å². The van der Waals surface area contributed by atoms with Gasteiger partial charge in [0.25, 0.3) is 5.91 Å². The molecule has 1 saturated heterocycles. The average molecular weight is 583 g/mol. The second kappa shape index (κ2) is 12.8. The minimum absolute atomic E-state index is 0.00301. The van der Waals surface area contributed by atoms with Crippen molar-refractivity contribution < 1.29 is 19.4 Å². The van der Waals surface area contributed by atoms with E-state index in [4.69, 9.17) is 9.47 Å². The number of amides is 1. The van der Waals surface area contributed by atoms with Crippen LogP contribution in [0.3, 0.4) is 0 Å². The lowest BCUT2D eigenvalue weighted by Gasteiger charge is -2.36. The number of nitrogens with zero attached hydrogens (tertiary/aromatic N) is 5. The lowest BCUT2D eigenvalue weighted by molar-refractivity contribution is -0.245. The first-order valence-electron chi connectivity index (χ1n) is 13.6. The van der Waals surface area contributed by atoms with Gasteiger partial charge in [0.2, 0.25) is 0 Å². The third kappa shape index (κ3) is 6.50.